The molecule has 2 nitrogen and oxygen atoms in total. The molecule has 2 atom stereocenters. The summed E-state index contributed by atoms with van der Waals surface area (Å²) in [6, 6.07) is 0.833. The van der Waals surface area contributed by atoms with Gasteiger partial charge in [-0.05, 0) is 57.7 Å². The standard InChI is InChI=1S/C12H24N2/c1-10-3-4-11(2)14(9-10)6-5-12-7-13-8-12/h10-13H,3-9H2,1-2H3. The molecular weight excluding hydrogens is 172 g/mol. The fourth-order valence-electron chi connectivity index (χ4n) is 2.59. The Kier molecular flexibility index (Phi) is 3.45. The topological polar surface area (TPSA) is 15.3 Å². The molecule has 2 rings (SSSR count). The molecule has 0 bridgehead atoms. The van der Waals surface area contributed by atoms with Crippen molar-refractivity contribution in [3.05, 3.63) is 0 Å². The molecule has 2 fully saturated rings. The van der Waals surface area contributed by atoms with Gasteiger partial charge in [0.05, 0.1) is 0 Å². The number of hydrogen-bond donors (Lipinski definition) is 1. The first-order valence-electron chi connectivity index (χ1n) is 6.20. The van der Waals surface area contributed by atoms with Gasteiger partial charge in [-0.3, -0.25) is 0 Å². The van der Waals surface area contributed by atoms with Gasteiger partial charge in [0.1, 0.15) is 0 Å². The van der Waals surface area contributed by atoms with Gasteiger partial charge in [-0.15, -0.1) is 0 Å². The maximum atomic E-state index is 3.35. The first-order valence-corrected chi connectivity index (χ1v) is 6.20. The van der Waals surface area contributed by atoms with Gasteiger partial charge in [-0.25, -0.2) is 0 Å². The van der Waals surface area contributed by atoms with Crippen molar-refractivity contribution in [1.29, 1.82) is 0 Å². The van der Waals surface area contributed by atoms with Crippen LogP contribution in [0, 0.1) is 11.8 Å². The maximum Gasteiger partial charge on any atom is 0.00671 e. The van der Waals surface area contributed by atoms with E-state index in [1.807, 2.05) is 0 Å². The van der Waals surface area contributed by atoms with Crippen molar-refractivity contribution in [3.63, 3.8) is 0 Å². The predicted molar refractivity (Wildman–Crippen MR) is 60.4 cm³/mol. The Morgan fingerprint density at radius 1 is 1.21 bits per heavy atom. The first kappa shape index (κ1) is 10.4. The van der Waals surface area contributed by atoms with Gasteiger partial charge >= 0.3 is 0 Å². The molecule has 14 heavy (non-hydrogen) atoms. The molecule has 0 saturated carbocycles. The largest absolute Gasteiger partial charge is 0.316 e. The second kappa shape index (κ2) is 4.63. The number of likely N-dealkylation sites (tertiary alicyclic amines) is 1. The van der Waals surface area contributed by atoms with Gasteiger partial charge in [-0.1, -0.05) is 6.92 Å². The van der Waals surface area contributed by atoms with Crippen LogP contribution in [0.3, 0.4) is 0 Å². The van der Waals surface area contributed by atoms with E-state index in [9.17, 15) is 0 Å². The highest BCUT2D eigenvalue weighted by molar-refractivity contribution is 4.80. The lowest BCUT2D eigenvalue weighted by molar-refractivity contribution is 0.112. The van der Waals surface area contributed by atoms with Crippen LogP contribution in [0.1, 0.15) is 33.1 Å². The quantitative estimate of drug-likeness (QED) is 0.739. The molecule has 2 aliphatic heterocycles. The van der Waals surface area contributed by atoms with Gasteiger partial charge in [0.15, 0.2) is 0 Å². The minimum Gasteiger partial charge on any atom is -0.316 e. The molecule has 0 aliphatic carbocycles. The van der Waals surface area contributed by atoms with Crippen LogP contribution in [0.2, 0.25) is 0 Å². The summed E-state index contributed by atoms with van der Waals surface area (Å²) < 4.78 is 0. The third kappa shape index (κ3) is 2.48. The van der Waals surface area contributed by atoms with Gasteiger partial charge < -0.3 is 10.2 Å². The molecule has 0 aromatic rings. The van der Waals surface area contributed by atoms with E-state index < -0.39 is 0 Å². The monoisotopic (exact) mass is 196 g/mol. The summed E-state index contributed by atoms with van der Waals surface area (Å²) in [5.74, 6) is 1.89. The molecular formula is C12H24N2. The van der Waals surface area contributed by atoms with E-state index in [4.69, 9.17) is 0 Å². The van der Waals surface area contributed by atoms with Gasteiger partial charge in [0.25, 0.3) is 0 Å². The van der Waals surface area contributed by atoms with E-state index >= 15 is 0 Å². The number of nitrogens with zero attached hydrogens (tertiary/aromatic N) is 1. The van der Waals surface area contributed by atoms with E-state index in [0.29, 0.717) is 0 Å². The number of hydrogen-bond acceptors (Lipinski definition) is 2. The van der Waals surface area contributed by atoms with Crippen molar-refractivity contribution in [3.8, 4) is 0 Å². The second-order valence-electron chi connectivity index (χ2n) is 5.34. The molecule has 1 N–H and O–H groups in total. The highest BCUT2D eigenvalue weighted by Gasteiger charge is 2.24. The Labute approximate surface area is 88.1 Å². The second-order valence-corrected chi connectivity index (χ2v) is 5.34. The van der Waals surface area contributed by atoms with Crippen molar-refractivity contribution in [2.45, 2.75) is 39.2 Å². The van der Waals surface area contributed by atoms with E-state index in [-0.39, 0.29) is 0 Å². The molecule has 2 unspecified atom stereocenters. The average Bonchev–Trinajstić information content (AvgIpc) is 2.08. The Morgan fingerprint density at radius 3 is 2.64 bits per heavy atom. The highest BCUT2D eigenvalue weighted by Crippen LogP contribution is 2.22. The molecule has 82 valence electrons. The van der Waals surface area contributed by atoms with Crippen LogP contribution in [-0.4, -0.2) is 37.1 Å². The fourth-order valence-corrected chi connectivity index (χ4v) is 2.59. The summed E-state index contributed by atoms with van der Waals surface area (Å²) in [5, 5.41) is 3.35. The molecule has 0 aromatic heterocycles. The smallest absolute Gasteiger partial charge is 0.00671 e. The molecule has 0 spiro atoms. The zero-order valence-electron chi connectivity index (χ0n) is 9.63. The van der Waals surface area contributed by atoms with Gasteiger partial charge in [0, 0.05) is 12.6 Å². The molecule has 2 heterocycles. The Bertz CT molecular complexity index is 177. The number of rotatable bonds is 3. The van der Waals surface area contributed by atoms with Crippen molar-refractivity contribution >= 4 is 0 Å². The minimum atomic E-state index is 0.833. The zero-order chi connectivity index (χ0) is 9.97. The normalized spacial score (nSPS) is 35.6. The van der Waals surface area contributed by atoms with Crippen LogP contribution in [0.25, 0.3) is 0 Å². The van der Waals surface area contributed by atoms with Crippen LogP contribution >= 0.6 is 0 Å². The third-order valence-electron chi connectivity index (χ3n) is 3.94. The summed E-state index contributed by atoms with van der Waals surface area (Å²) in [6.45, 7) is 9.98. The van der Waals surface area contributed by atoms with E-state index in [1.54, 1.807) is 0 Å². The number of piperidine rings is 1. The van der Waals surface area contributed by atoms with E-state index in [2.05, 4.69) is 24.1 Å². The van der Waals surface area contributed by atoms with Gasteiger partial charge in [-0.2, -0.15) is 0 Å². The molecule has 0 radical (unpaired) electrons. The average molecular weight is 196 g/mol. The summed E-state index contributed by atoms with van der Waals surface area (Å²) in [4.78, 5) is 2.70. The van der Waals surface area contributed by atoms with Crippen molar-refractivity contribution in [1.82, 2.24) is 10.2 Å². The van der Waals surface area contributed by atoms with E-state index in [1.165, 1.54) is 45.4 Å². The molecule has 0 aromatic carbocycles. The summed E-state index contributed by atoms with van der Waals surface area (Å²) in [6.07, 6.45) is 4.25. The summed E-state index contributed by atoms with van der Waals surface area (Å²) in [5.41, 5.74) is 0. The third-order valence-corrected chi connectivity index (χ3v) is 3.94. The SMILES string of the molecule is CC1CCC(C)N(CCC2CNC2)C1. The van der Waals surface area contributed by atoms with Crippen LogP contribution in [0.5, 0.6) is 0 Å². The Hall–Kier alpha value is -0.0800. The summed E-state index contributed by atoms with van der Waals surface area (Å²) in [7, 11) is 0. The first-order chi connectivity index (χ1) is 6.75. The minimum absolute atomic E-state index is 0.833. The molecule has 2 aliphatic rings. The molecule has 2 heteroatoms. The van der Waals surface area contributed by atoms with Crippen LogP contribution in [-0.2, 0) is 0 Å². The fraction of sp³-hybridized carbons (Fsp3) is 1.00. The van der Waals surface area contributed by atoms with Crippen molar-refractivity contribution in [2.24, 2.45) is 11.8 Å². The lowest BCUT2D eigenvalue weighted by Crippen LogP contribution is -2.46. The maximum absolute atomic E-state index is 3.35. The van der Waals surface area contributed by atoms with E-state index in [0.717, 1.165) is 17.9 Å². The lowest BCUT2D eigenvalue weighted by Gasteiger charge is -2.38. The molecule has 0 amide bonds. The van der Waals surface area contributed by atoms with Crippen LogP contribution < -0.4 is 5.32 Å². The van der Waals surface area contributed by atoms with Crippen molar-refractivity contribution < 1.29 is 0 Å². The van der Waals surface area contributed by atoms with Crippen molar-refractivity contribution in [2.75, 3.05) is 26.2 Å². The lowest BCUT2D eigenvalue weighted by atomic mass is 9.93. The highest BCUT2D eigenvalue weighted by atomic mass is 15.2. The Balaban J connectivity index is 1.71. The molecule has 2 saturated heterocycles. The van der Waals surface area contributed by atoms with Crippen LogP contribution in [0.15, 0.2) is 0 Å². The number of nitrogens with one attached hydrogen (secondary N) is 1. The zero-order valence-corrected chi connectivity index (χ0v) is 9.63. The van der Waals surface area contributed by atoms with Crippen LogP contribution in [0.4, 0.5) is 0 Å². The summed E-state index contributed by atoms with van der Waals surface area (Å²) >= 11 is 0. The Morgan fingerprint density at radius 2 is 2.00 bits per heavy atom. The van der Waals surface area contributed by atoms with Gasteiger partial charge in [0.2, 0.25) is 0 Å². The predicted octanol–water partition coefficient (Wildman–Crippen LogP) is 1.72.